The van der Waals surface area contributed by atoms with Crippen LogP contribution in [0.4, 0.5) is 0 Å². The second-order valence-corrected chi connectivity index (χ2v) is 5.69. The van der Waals surface area contributed by atoms with Crippen molar-refractivity contribution in [3.8, 4) is 11.1 Å². The smallest absolute Gasteiger partial charge is 0.206 e. The topological polar surface area (TPSA) is 20.6 Å². The molecule has 3 aromatic rings. The van der Waals surface area contributed by atoms with Gasteiger partial charge in [0.25, 0.3) is 0 Å². The summed E-state index contributed by atoms with van der Waals surface area (Å²) in [5.41, 5.74) is 5.03. The fraction of sp³-hybridized carbons (Fsp3) is 0.211. The third-order valence-electron chi connectivity index (χ3n) is 3.72. The summed E-state index contributed by atoms with van der Waals surface area (Å²) in [6.07, 6.45) is 12.3. The van der Waals surface area contributed by atoms with E-state index in [4.69, 9.17) is 0 Å². The summed E-state index contributed by atoms with van der Waals surface area (Å²) >= 11 is 0. The van der Waals surface area contributed by atoms with Gasteiger partial charge in [0.1, 0.15) is 0 Å². The van der Waals surface area contributed by atoms with Crippen LogP contribution in [0, 0.1) is 13.8 Å². The van der Waals surface area contributed by atoms with Gasteiger partial charge in [-0.05, 0) is 43.2 Å². The molecule has 0 atom stereocenters. The normalized spacial score (nSPS) is 10.6. The Hall–Kier alpha value is -2.55. The predicted octanol–water partition coefficient (Wildman–Crippen LogP) is 2.64. The molecule has 0 amide bonds. The van der Waals surface area contributed by atoms with Gasteiger partial charge in [-0.2, -0.15) is 9.13 Å². The van der Waals surface area contributed by atoms with Crippen LogP contribution in [0.5, 0.6) is 0 Å². The average Bonchev–Trinajstić information content (AvgIpc) is 2.53. The van der Waals surface area contributed by atoms with Gasteiger partial charge in [0.15, 0.2) is 24.8 Å². The van der Waals surface area contributed by atoms with Gasteiger partial charge in [0.2, 0.25) is 13.1 Å². The van der Waals surface area contributed by atoms with Crippen molar-refractivity contribution < 1.29 is 9.13 Å². The quantitative estimate of drug-likeness (QED) is 0.677. The van der Waals surface area contributed by atoms with Crippen LogP contribution in [0.15, 0.2) is 67.5 Å². The van der Waals surface area contributed by atoms with Gasteiger partial charge in [0.05, 0.1) is 0 Å². The minimum atomic E-state index is 0.962. The maximum Gasteiger partial charge on any atom is 0.206 e. The molecule has 0 saturated carbocycles. The number of aromatic nitrogens is 3. The number of hydrogen-bond donors (Lipinski definition) is 0. The summed E-state index contributed by atoms with van der Waals surface area (Å²) in [5.74, 6) is 0. The summed E-state index contributed by atoms with van der Waals surface area (Å²) in [7, 11) is 0. The van der Waals surface area contributed by atoms with Gasteiger partial charge in [0, 0.05) is 35.7 Å². The maximum absolute atomic E-state index is 4.06. The van der Waals surface area contributed by atoms with Crippen LogP contribution in [0.25, 0.3) is 11.1 Å². The molecule has 0 aromatic carbocycles. The molecule has 0 bridgehead atoms. The first-order valence-corrected chi connectivity index (χ1v) is 7.57. The third-order valence-corrected chi connectivity index (χ3v) is 3.72. The first kappa shape index (κ1) is 14.4. The summed E-state index contributed by atoms with van der Waals surface area (Å²) in [6.45, 7) is 6.21. The van der Waals surface area contributed by atoms with Gasteiger partial charge < -0.3 is 0 Å². The molecule has 0 radical (unpaired) electrons. The van der Waals surface area contributed by atoms with E-state index in [0.29, 0.717) is 0 Å². The zero-order chi connectivity index (χ0) is 15.4. The molecule has 0 aliphatic rings. The van der Waals surface area contributed by atoms with Crippen molar-refractivity contribution in [3.05, 3.63) is 78.6 Å². The zero-order valence-electron chi connectivity index (χ0n) is 13.1. The van der Waals surface area contributed by atoms with E-state index < -0.39 is 0 Å². The monoisotopic (exact) mass is 291 g/mol. The zero-order valence-corrected chi connectivity index (χ0v) is 13.1. The van der Waals surface area contributed by atoms with Crippen molar-refractivity contribution in [2.45, 2.75) is 26.9 Å². The van der Waals surface area contributed by atoms with Crippen LogP contribution in [-0.4, -0.2) is 4.98 Å². The molecule has 110 valence electrons. The highest BCUT2D eigenvalue weighted by atomic mass is 15.0. The first-order chi connectivity index (χ1) is 10.7. The molecular weight excluding hydrogens is 270 g/mol. The Balaban J connectivity index is 1.69. The SMILES string of the molecule is Cc1cc(C)c[n+](CC[n+]2ccc(-c3ccncc3)cc2)c1. The van der Waals surface area contributed by atoms with Crippen LogP contribution in [-0.2, 0) is 13.1 Å². The van der Waals surface area contributed by atoms with Gasteiger partial charge in [-0.3, -0.25) is 4.98 Å². The summed E-state index contributed by atoms with van der Waals surface area (Å²) in [5, 5.41) is 0. The Bertz CT molecular complexity index is 729. The fourth-order valence-electron chi connectivity index (χ4n) is 2.70. The molecule has 0 saturated heterocycles. The van der Waals surface area contributed by atoms with E-state index in [1.54, 1.807) is 0 Å². The van der Waals surface area contributed by atoms with E-state index in [1.165, 1.54) is 22.3 Å². The van der Waals surface area contributed by atoms with Crippen molar-refractivity contribution in [1.29, 1.82) is 0 Å². The lowest BCUT2D eigenvalue weighted by molar-refractivity contribution is -0.778. The highest BCUT2D eigenvalue weighted by molar-refractivity contribution is 5.61. The number of rotatable bonds is 4. The van der Waals surface area contributed by atoms with E-state index in [2.05, 4.69) is 71.0 Å². The minimum Gasteiger partial charge on any atom is -0.265 e. The van der Waals surface area contributed by atoms with E-state index in [-0.39, 0.29) is 0 Å². The fourth-order valence-corrected chi connectivity index (χ4v) is 2.70. The molecule has 3 aromatic heterocycles. The lowest BCUT2D eigenvalue weighted by atomic mass is 10.1. The Morgan fingerprint density at radius 3 is 1.95 bits per heavy atom. The molecule has 0 aliphatic heterocycles. The van der Waals surface area contributed by atoms with Crippen LogP contribution >= 0.6 is 0 Å². The van der Waals surface area contributed by atoms with Gasteiger partial charge in [-0.15, -0.1) is 0 Å². The Kier molecular flexibility index (Phi) is 4.24. The Labute approximate surface area is 131 Å². The van der Waals surface area contributed by atoms with E-state index in [9.17, 15) is 0 Å². The van der Waals surface area contributed by atoms with E-state index >= 15 is 0 Å². The van der Waals surface area contributed by atoms with E-state index in [1.807, 2.05) is 24.5 Å². The van der Waals surface area contributed by atoms with Gasteiger partial charge in [-0.25, -0.2) is 0 Å². The van der Waals surface area contributed by atoms with Crippen LogP contribution < -0.4 is 9.13 Å². The van der Waals surface area contributed by atoms with Crippen molar-refractivity contribution in [2.75, 3.05) is 0 Å². The van der Waals surface area contributed by atoms with Gasteiger partial charge in [-0.1, -0.05) is 0 Å². The largest absolute Gasteiger partial charge is 0.265 e. The number of aryl methyl sites for hydroxylation is 4. The number of nitrogens with zero attached hydrogens (tertiary/aromatic N) is 3. The summed E-state index contributed by atoms with van der Waals surface area (Å²) in [6, 6.07) is 10.6. The average molecular weight is 291 g/mol. The molecule has 3 rings (SSSR count). The molecule has 0 N–H and O–H groups in total. The lowest BCUT2D eigenvalue weighted by Crippen LogP contribution is -2.44. The highest BCUT2D eigenvalue weighted by Gasteiger charge is 2.08. The molecule has 3 heteroatoms. The Morgan fingerprint density at radius 1 is 0.773 bits per heavy atom. The molecular formula is C19H21N3+2. The molecule has 22 heavy (non-hydrogen) atoms. The van der Waals surface area contributed by atoms with Crippen molar-refractivity contribution in [1.82, 2.24) is 4.98 Å². The van der Waals surface area contributed by atoms with Crippen LogP contribution in [0.1, 0.15) is 11.1 Å². The highest BCUT2D eigenvalue weighted by Crippen LogP contribution is 2.15. The molecule has 0 aliphatic carbocycles. The van der Waals surface area contributed by atoms with Gasteiger partial charge >= 0.3 is 0 Å². The van der Waals surface area contributed by atoms with Crippen LogP contribution in [0.2, 0.25) is 0 Å². The number of pyridine rings is 3. The minimum absolute atomic E-state index is 0.962. The maximum atomic E-state index is 4.06. The molecule has 0 unspecified atom stereocenters. The first-order valence-electron chi connectivity index (χ1n) is 7.57. The van der Waals surface area contributed by atoms with Crippen LogP contribution in [0.3, 0.4) is 0 Å². The second-order valence-electron chi connectivity index (χ2n) is 5.69. The predicted molar refractivity (Wildman–Crippen MR) is 86.0 cm³/mol. The third kappa shape index (κ3) is 3.55. The molecule has 0 spiro atoms. The molecule has 0 fully saturated rings. The lowest BCUT2D eigenvalue weighted by Gasteiger charge is -2.01. The molecule has 3 nitrogen and oxygen atoms in total. The summed E-state index contributed by atoms with van der Waals surface area (Å²) in [4.78, 5) is 4.06. The second kappa shape index (κ2) is 6.48. The summed E-state index contributed by atoms with van der Waals surface area (Å²) < 4.78 is 4.48. The number of hydrogen-bond acceptors (Lipinski definition) is 1. The standard InChI is InChI=1S/C19H21N3/c1-16-13-17(2)15-22(14-16)12-11-21-9-5-19(6-10-21)18-3-7-20-8-4-18/h3-10,13-15H,11-12H2,1-2H3/q+2. The van der Waals surface area contributed by atoms with Crippen molar-refractivity contribution >= 4 is 0 Å². The Morgan fingerprint density at radius 2 is 1.32 bits per heavy atom. The van der Waals surface area contributed by atoms with Crippen molar-refractivity contribution in [2.24, 2.45) is 0 Å². The van der Waals surface area contributed by atoms with E-state index in [0.717, 1.165) is 13.1 Å². The molecule has 3 heterocycles. The van der Waals surface area contributed by atoms with Crippen molar-refractivity contribution in [3.63, 3.8) is 0 Å².